The van der Waals surface area contributed by atoms with Crippen molar-refractivity contribution in [3.63, 3.8) is 0 Å². The van der Waals surface area contributed by atoms with E-state index in [1.807, 2.05) is 85.8 Å². The van der Waals surface area contributed by atoms with E-state index in [0.29, 0.717) is 38.6 Å². The van der Waals surface area contributed by atoms with Gasteiger partial charge < -0.3 is 23.9 Å². The molecule has 1 heterocycles. The van der Waals surface area contributed by atoms with E-state index in [0.717, 1.165) is 27.8 Å². The molecule has 6 nitrogen and oxygen atoms in total. The van der Waals surface area contributed by atoms with Crippen LogP contribution in [0.3, 0.4) is 0 Å². The fourth-order valence-electron chi connectivity index (χ4n) is 3.64. The van der Waals surface area contributed by atoms with E-state index in [-0.39, 0.29) is 18.3 Å². The molecule has 0 aliphatic carbocycles. The molecule has 4 aromatic rings. The van der Waals surface area contributed by atoms with E-state index in [1.54, 1.807) is 0 Å². The minimum Gasteiger partial charge on any atom is -0.489 e. The Hall–Kier alpha value is -3.61. The third kappa shape index (κ3) is 6.25. The number of benzene rings is 3. The van der Waals surface area contributed by atoms with E-state index in [2.05, 4.69) is 5.32 Å². The molecule has 0 aliphatic heterocycles. The van der Waals surface area contributed by atoms with Gasteiger partial charge in [-0.05, 0) is 36.2 Å². The summed E-state index contributed by atoms with van der Waals surface area (Å²) in [5, 5.41) is 3.85. The molecular weight excluding hydrogens is 430 g/mol. The SMILES string of the molecule is CCOCCOCc1cccc(CNC(=O)c2oc3ccccc3c2COc2ccccc2)c1. The molecule has 0 atom stereocenters. The van der Waals surface area contributed by atoms with Crippen LogP contribution in [0.25, 0.3) is 11.0 Å². The largest absolute Gasteiger partial charge is 0.489 e. The summed E-state index contributed by atoms with van der Waals surface area (Å²) in [6.07, 6.45) is 0. The molecule has 0 fully saturated rings. The summed E-state index contributed by atoms with van der Waals surface area (Å²) in [5.41, 5.74) is 3.42. The highest BCUT2D eigenvalue weighted by atomic mass is 16.5. The smallest absolute Gasteiger partial charge is 0.287 e. The lowest BCUT2D eigenvalue weighted by molar-refractivity contribution is 0.0453. The van der Waals surface area contributed by atoms with E-state index in [1.165, 1.54) is 0 Å². The average molecular weight is 460 g/mol. The molecule has 34 heavy (non-hydrogen) atoms. The summed E-state index contributed by atoms with van der Waals surface area (Å²) in [6.45, 7) is 4.89. The summed E-state index contributed by atoms with van der Waals surface area (Å²) in [6, 6.07) is 25.1. The number of hydrogen-bond donors (Lipinski definition) is 1. The van der Waals surface area contributed by atoms with Crippen molar-refractivity contribution in [2.45, 2.75) is 26.7 Å². The minimum absolute atomic E-state index is 0.234. The second kappa shape index (κ2) is 12.0. The van der Waals surface area contributed by atoms with Gasteiger partial charge in [-0.25, -0.2) is 0 Å². The first-order valence-electron chi connectivity index (χ1n) is 11.4. The Labute approximate surface area is 199 Å². The van der Waals surface area contributed by atoms with Crippen LogP contribution < -0.4 is 10.1 Å². The lowest BCUT2D eigenvalue weighted by atomic mass is 10.1. The van der Waals surface area contributed by atoms with Crippen LogP contribution in [-0.4, -0.2) is 25.7 Å². The van der Waals surface area contributed by atoms with E-state index in [9.17, 15) is 4.79 Å². The normalized spacial score (nSPS) is 11.0. The summed E-state index contributed by atoms with van der Waals surface area (Å²) < 4.78 is 22.8. The lowest BCUT2D eigenvalue weighted by Gasteiger charge is -2.09. The predicted molar refractivity (Wildman–Crippen MR) is 131 cm³/mol. The van der Waals surface area contributed by atoms with Crippen molar-refractivity contribution in [3.8, 4) is 5.75 Å². The molecule has 0 aliphatic rings. The lowest BCUT2D eigenvalue weighted by Crippen LogP contribution is -2.23. The predicted octanol–water partition coefficient (Wildman–Crippen LogP) is 5.49. The Morgan fingerprint density at radius 2 is 1.62 bits per heavy atom. The van der Waals surface area contributed by atoms with Gasteiger partial charge in [-0.1, -0.05) is 60.7 Å². The fourth-order valence-corrected chi connectivity index (χ4v) is 3.64. The molecule has 4 rings (SSSR count). The molecule has 0 radical (unpaired) electrons. The molecule has 3 aromatic carbocycles. The van der Waals surface area contributed by atoms with Gasteiger partial charge in [0.1, 0.15) is 17.9 Å². The molecule has 0 bridgehead atoms. The van der Waals surface area contributed by atoms with Crippen LogP contribution in [0.5, 0.6) is 5.75 Å². The Kier molecular flexibility index (Phi) is 8.32. The first kappa shape index (κ1) is 23.5. The number of amides is 1. The van der Waals surface area contributed by atoms with Crippen molar-refractivity contribution >= 4 is 16.9 Å². The maximum atomic E-state index is 13.1. The number of nitrogens with one attached hydrogen (secondary N) is 1. The van der Waals surface area contributed by atoms with Crippen molar-refractivity contribution in [2.24, 2.45) is 0 Å². The maximum absolute atomic E-state index is 13.1. The Morgan fingerprint density at radius 3 is 2.47 bits per heavy atom. The summed E-state index contributed by atoms with van der Waals surface area (Å²) in [5.74, 6) is 0.730. The second-order valence-electron chi connectivity index (χ2n) is 7.76. The number of carbonyl (C=O) groups excluding carboxylic acids is 1. The Morgan fingerprint density at radius 1 is 0.853 bits per heavy atom. The number of para-hydroxylation sites is 2. The zero-order chi connectivity index (χ0) is 23.6. The van der Waals surface area contributed by atoms with Crippen LogP contribution in [0.4, 0.5) is 0 Å². The Bertz CT molecular complexity index is 1200. The van der Waals surface area contributed by atoms with Gasteiger partial charge in [-0.2, -0.15) is 0 Å². The number of carbonyl (C=O) groups is 1. The van der Waals surface area contributed by atoms with E-state index in [4.69, 9.17) is 18.6 Å². The fraction of sp³-hybridized carbons (Fsp3) is 0.250. The van der Waals surface area contributed by atoms with Crippen molar-refractivity contribution in [3.05, 3.63) is 101 Å². The van der Waals surface area contributed by atoms with E-state index >= 15 is 0 Å². The van der Waals surface area contributed by atoms with Crippen LogP contribution in [-0.2, 0) is 29.2 Å². The van der Waals surface area contributed by atoms with Crippen molar-refractivity contribution in [1.29, 1.82) is 0 Å². The third-order valence-corrected chi connectivity index (χ3v) is 5.32. The third-order valence-electron chi connectivity index (χ3n) is 5.32. The van der Waals surface area contributed by atoms with Gasteiger partial charge >= 0.3 is 0 Å². The number of ether oxygens (including phenoxy) is 3. The molecule has 1 N–H and O–H groups in total. The first-order valence-corrected chi connectivity index (χ1v) is 11.4. The van der Waals surface area contributed by atoms with Crippen molar-refractivity contribution in [2.75, 3.05) is 19.8 Å². The average Bonchev–Trinajstić information content (AvgIpc) is 3.25. The summed E-state index contributed by atoms with van der Waals surface area (Å²) in [7, 11) is 0. The molecule has 176 valence electrons. The summed E-state index contributed by atoms with van der Waals surface area (Å²) in [4.78, 5) is 13.1. The number of fused-ring (bicyclic) bond motifs is 1. The number of rotatable bonds is 12. The van der Waals surface area contributed by atoms with Crippen LogP contribution in [0.15, 0.2) is 83.3 Å². The maximum Gasteiger partial charge on any atom is 0.287 e. The van der Waals surface area contributed by atoms with Crippen LogP contribution in [0.1, 0.15) is 34.2 Å². The van der Waals surface area contributed by atoms with Crippen LogP contribution >= 0.6 is 0 Å². The molecule has 1 aromatic heterocycles. The molecule has 0 saturated heterocycles. The van der Waals surface area contributed by atoms with Gasteiger partial charge in [0.05, 0.1) is 19.8 Å². The van der Waals surface area contributed by atoms with E-state index < -0.39 is 0 Å². The number of hydrogen-bond acceptors (Lipinski definition) is 5. The van der Waals surface area contributed by atoms with Crippen molar-refractivity contribution < 1.29 is 23.4 Å². The van der Waals surface area contributed by atoms with Gasteiger partial charge in [0.25, 0.3) is 5.91 Å². The minimum atomic E-state index is -0.277. The van der Waals surface area contributed by atoms with Crippen molar-refractivity contribution in [1.82, 2.24) is 5.32 Å². The quantitative estimate of drug-likeness (QED) is 0.284. The highest BCUT2D eigenvalue weighted by Gasteiger charge is 2.21. The molecular formula is C28H29NO5. The monoisotopic (exact) mass is 459 g/mol. The highest BCUT2D eigenvalue weighted by molar-refractivity contribution is 5.99. The molecule has 6 heteroatoms. The molecule has 0 unspecified atom stereocenters. The Balaban J connectivity index is 1.41. The zero-order valence-corrected chi connectivity index (χ0v) is 19.3. The molecule has 0 saturated carbocycles. The van der Waals surface area contributed by atoms with Gasteiger partial charge in [-0.3, -0.25) is 4.79 Å². The van der Waals surface area contributed by atoms with Crippen LogP contribution in [0, 0.1) is 0 Å². The second-order valence-corrected chi connectivity index (χ2v) is 7.76. The molecule has 0 spiro atoms. The summed E-state index contributed by atoms with van der Waals surface area (Å²) >= 11 is 0. The van der Waals surface area contributed by atoms with Gasteiger partial charge in [0.2, 0.25) is 0 Å². The zero-order valence-electron chi connectivity index (χ0n) is 19.3. The molecule has 1 amide bonds. The van der Waals surface area contributed by atoms with Gasteiger partial charge in [0, 0.05) is 24.1 Å². The van der Waals surface area contributed by atoms with Gasteiger partial charge in [0.15, 0.2) is 5.76 Å². The van der Waals surface area contributed by atoms with Gasteiger partial charge in [-0.15, -0.1) is 0 Å². The highest BCUT2D eigenvalue weighted by Crippen LogP contribution is 2.27. The first-order chi connectivity index (χ1) is 16.7. The topological polar surface area (TPSA) is 69.9 Å². The van der Waals surface area contributed by atoms with Crippen LogP contribution in [0.2, 0.25) is 0 Å². The standard InChI is InChI=1S/C28H29NO5/c1-2-31-15-16-32-19-22-10-8-9-21(17-22)18-29-28(30)27-25(20-33-23-11-4-3-5-12-23)24-13-6-7-14-26(24)34-27/h3-14,17H,2,15-16,18-20H2,1H3,(H,29,30). The number of furan rings is 1.